The molecule has 3 N–H and O–H groups in total. The molecule has 110 valence electrons. The van der Waals surface area contributed by atoms with E-state index in [1.807, 2.05) is 31.2 Å². The van der Waals surface area contributed by atoms with Crippen molar-refractivity contribution in [3.63, 3.8) is 0 Å². The van der Waals surface area contributed by atoms with Crippen molar-refractivity contribution >= 4 is 27.5 Å². The highest BCUT2D eigenvalue weighted by molar-refractivity contribution is 9.10. The quantitative estimate of drug-likeness (QED) is 0.830. The minimum atomic E-state index is -0.227. The molecule has 0 aliphatic carbocycles. The van der Waals surface area contributed by atoms with Crippen LogP contribution in [0.1, 0.15) is 28.9 Å². The Hall–Kier alpha value is -2.01. The maximum Gasteiger partial charge on any atom is 0.253 e. The Kier molecular flexibility index (Phi) is 4.85. The van der Waals surface area contributed by atoms with Crippen LogP contribution in [0.15, 0.2) is 46.9 Å². The largest absolute Gasteiger partial charge is 0.497 e. The second-order valence-corrected chi connectivity index (χ2v) is 5.52. The lowest BCUT2D eigenvalue weighted by Gasteiger charge is -2.17. The summed E-state index contributed by atoms with van der Waals surface area (Å²) >= 11 is 3.48. The van der Waals surface area contributed by atoms with Crippen LogP contribution >= 0.6 is 15.9 Å². The van der Waals surface area contributed by atoms with Crippen molar-refractivity contribution in [1.82, 2.24) is 5.32 Å². The number of ether oxygens (including phenoxy) is 1. The van der Waals surface area contributed by atoms with E-state index in [1.165, 1.54) is 0 Å². The number of benzene rings is 2. The van der Waals surface area contributed by atoms with Gasteiger partial charge in [-0.3, -0.25) is 4.79 Å². The first-order chi connectivity index (χ1) is 10.0. The molecule has 0 spiro atoms. The van der Waals surface area contributed by atoms with Crippen molar-refractivity contribution in [3.05, 3.63) is 58.1 Å². The second-order valence-electron chi connectivity index (χ2n) is 4.67. The third-order valence-corrected chi connectivity index (χ3v) is 3.95. The van der Waals surface area contributed by atoms with Gasteiger partial charge in [0.1, 0.15) is 5.75 Å². The molecular weight excluding hydrogens is 332 g/mol. The number of nitrogens with two attached hydrogens (primary N) is 1. The Bertz CT molecular complexity index is 658. The lowest BCUT2D eigenvalue weighted by molar-refractivity contribution is 0.0940. The zero-order valence-corrected chi connectivity index (χ0v) is 13.5. The lowest BCUT2D eigenvalue weighted by Crippen LogP contribution is -2.27. The van der Waals surface area contributed by atoms with E-state index in [-0.39, 0.29) is 11.9 Å². The molecule has 21 heavy (non-hydrogen) atoms. The Morgan fingerprint density at radius 3 is 2.67 bits per heavy atom. The van der Waals surface area contributed by atoms with Crippen molar-refractivity contribution in [2.75, 3.05) is 12.8 Å². The van der Waals surface area contributed by atoms with Gasteiger partial charge >= 0.3 is 0 Å². The van der Waals surface area contributed by atoms with E-state index in [1.54, 1.807) is 25.3 Å². The molecule has 1 amide bonds. The first-order valence-corrected chi connectivity index (χ1v) is 7.31. The van der Waals surface area contributed by atoms with Gasteiger partial charge in [0, 0.05) is 10.2 Å². The van der Waals surface area contributed by atoms with Crippen LogP contribution in [-0.2, 0) is 0 Å². The highest BCUT2D eigenvalue weighted by atomic mass is 79.9. The first-order valence-electron chi connectivity index (χ1n) is 6.51. The van der Waals surface area contributed by atoms with E-state index in [2.05, 4.69) is 21.2 Å². The minimum absolute atomic E-state index is 0.140. The molecule has 0 aliphatic rings. The molecule has 4 nitrogen and oxygen atoms in total. The molecule has 0 fully saturated rings. The highest BCUT2D eigenvalue weighted by Gasteiger charge is 2.16. The van der Waals surface area contributed by atoms with Crippen molar-refractivity contribution in [2.24, 2.45) is 0 Å². The van der Waals surface area contributed by atoms with Crippen molar-refractivity contribution in [1.29, 1.82) is 0 Å². The molecule has 1 unspecified atom stereocenters. The Morgan fingerprint density at radius 1 is 1.29 bits per heavy atom. The molecule has 2 rings (SSSR count). The molecule has 0 saturated heterocycles. The van der Waals surface area contributed by atoms with E-state index >= 15 is 0 Å². The van der Waals surface area contributed by atoms with E-state index in [0.29, 0.717) is 17.0 Å². The van der Waals surface area contributed by atoms with Crippen LogP contribution in [0.3, 0.4) is 0 Å². The van der Waals surface area contributed by atoms with Gasteiger partial charge in [-0.05, 0) is 36.8 Å². The Labute approximate surface area is 132 Å². The third-order valence-electron chi connectivity index (χ3n) is 3.22. The fraction of sp³-hybridized carbons (Fsp3) is 0.188. The summed E-state index contributed by atoms with van der Waals surface area (Å²) < 4.78 is 6.08. The summed E-state index contributed by atoms with van der Waals surface area (Å²) in [5.74, 6) is 0.373. The van der Waals surface area contributed by atoms with E-state index < -0.39 is 0 Å². The highest BCUT2D eigenvalue weighted by Crippen LogP contribution is 2.24. The molecule has 5 heteroatoms. The van der Waals surface area contributed by atoms with Crippen LogP contribution in [0.5, 0.6) is 5.75 Å². The van der Waals surface area contributed by atoms with Gasteiger partial charge in [-0.1, -0.05) is 34.1 Å². The van der Waals surface area contributed by atoms with E-state index in [9.17, 15) is 4.79 Å². The van der Waals surface area contributed by atoms with Gasteiger partial charge < -0.3 is 15.8 Å². The average molecular weight is 349 g/mol. The first kappa shape index (κ1) is 15.4. The molecule has 0 heterocycles. The monoisotopic (exact) mass is 348 g/mol. The molecule has 2 aromatic rings. The van der Waals surface area contributed by atoms with Crippen LogP contribution in [0.2, 0.25) is 0 Å². The van der Waals surface area contributed by atoms with Gasteiger partial charge in [0.05, 0.1) is 18.7 Å². The Balaban J connectivity index is 2.20. The number of rotatable bonds is 4. The van der Waals surface area contributed by atoms with Gasteiger partial charge in [0.2, 0.25) is 0 Å². The standard InChI is InChI=1S/C16H17BrN2O2/c1-10(12-5-3-4-6-14(12)17)19-16(20)13-9-11(21-2)7-8-15(13)18/h3-10H,18H2,1-2H3,(H,19,20). The van der Waals surface area contributed by atoms with Crippen LogP contribution in [-0.4, -0.2) is 13.0 Å². The lowest BCUT2D eigenvalue weighted by atomic mass is 10.1. The minimum Gasteiger partial charge on any atom is -0.497 e. The topological polar surface area (TPSA) is 64.3 Å². The molecule has 0 bridgehead atoms. The number of anilines is 1. The van der Waals surface area contributed by atoms with Crippen molar-refractivity contribution < 1.29 is 9.53 Å². The summed E-state index contributed by atoms with van der Waals surface area (Å²) in [5.41, 5.74) is 7.70. The van der Waals surface area contributed by atoms with Crippen molar-refractivity contribution in [3.8, 4) is 5.75 Å². The van der Waals surface area contributed by atoms with Crippen LogP contribution < -0.4 is 15.8 Å². The number of hydrogen-bond donors (Lipinski definition) is 2. The SMILES string of the molecule is COc1ccc(N)c(C(=O)NC(C)c2ccccc2Br)c1. The number of nitrogens with one attached hydrogen (secondary N) is 1. The third kappa shape index (κ3) is 3.55. The fourth-order valence-electron chi connectivity index (χ4n) is 2.04. The molecular formula is C16H17BrN2O2. The van der Waals surface area contributed by atoms with Crippen LogP contribution in [0, 0.1) is 0 Å². The predicted molar refractivity (Wildman–Crippen MR) is 87.4 cm³/mol. The van der Waals surface area contributed by atoms with Gasteiger partial charge in [-0.2, -0.15) is 0 Å². The smallest absolute Gasteiger partial charge is 0.253 e. The van der Waals surface area contributed by atoms with Gasteiger partial charge in [0.15, 0.2) is 0 Å². The van der Waals surface area contributed by atoms with Gasteiger partial charge in [-0.15, -0.1) is 0 Å². The molecule has 0 aliphatic heterocycles. The second kappa shape index (κ2) is 6.63. The number of methoxy groups -OCH3 is 1. The van der Waals surface area contributed by atoms with E-state index in [0.717, 1.165) is 10.0 Å². The van der Waals surface area contributed by atoms with Gasteiger partial charge in [-0.25, -0.2) is 0 Å². The number of halogens is 1. The van der Waals surface area contributed by atoms with Crippen LogP contribution in [0.4, 0.5) is 5.69 Å². The summed E-state index contributed by atoms with van der Waals surface area (Å²) in [6.45, 7) is 1.92. The van der Waals surface area contributed by atoms with Gasteiger partial charge in [0.25, 0.3) is 5.91 Å². The fourth-order valence-corrected chi connectivity index (χ4v) is 2.67. The molecule has 2 aromatic carbocycles. The summed E-state index contributed by atoms with van der Waals surface area (Å²) in [7, 11) is 1.55. The number of carbonyl (C=O) groups excluding carboxylic acids is 1. The summed E-state index contributed by atoms with van der Waals surface area (Å²) in [4.78, 5) is 12.4. The number of carbonyl (C=O) groups is 1. The summed E-state index contributed by atoms with van der Waals surface area (Å²) in [6, 6.07) is 12.7. The Morgan fingerprint density at radius 2 is 2.00 bits per heavy atom. The number of amides is 1. The number of hydrogen-bond acceptors (Lipinski definition) is 3. The van der Waals surface area contributed by atoms with Crippen LogP contribution in [0.25, 0.3) is 0 Å². The molecule has 0 saturated carbocycles. The molecule has 0 radical (unpaired) electrons. The maximum atomic E-state index is 12.4. The van der Waals surface area contributed by atoms with Crippen molar-refractivity contribution in [2.45, 2.75) is 13.0 Å². The average Bonchev–Trinajstić information content (AvgIpc) is 2.48. The molecule has 0 aromatic heterocycles. The zero-order valence-electron chi connectivity index (χ0n) is 11.9. The predicted octanol–water partition coefficient (Wildman–Crippen LogP) is 3.53. The van der Waals surface area contributed by atoms with E-state index in [4.69, 9.17) is 10.5 Å². The summed E-state index contributed by atoms with van der Waals surface area (Å²) in [6.07, 6.45) is 0. The molecule has 1 atom stereocenters. The normalized spacial score (nSPS) is 11.8. The number of nitrogen functional groups attached to an aromatic ring is 1. The zero-order chi connectivity index (χ0) is 15.4. The summed E-state index contributed by atoms with van der Waals surface area (Å²) in [5, 5.41) is 2.94. The maximum absolute atomic E-state index is 12.4.